The Morgan fingerprint density at radius 2 is 2.11 bits per heavy atom. The monoisotopic (exact) mass is 254 g/mol. The lowest BCUT2D eigenvalue weighted by Gasteiger charge is -2.31. The van der Waals surface area contributed by atoms with E-state index in [9.17, 15) is 10.1 Å². The molecule has 0 aliphatic carbocycles. The normalized spacial score (nSPS) is 11.6. The molecule has 1 rings (SSSR count). The maximum Gasteiger partial charge on any atom is 0.331 e. The SMILES string of the molecule is CN(C)C(C)(C)COc1nc(N)ccc1[N+](=O)[O-]. The van der Waals surface area contributed by atoms with Gasteiger partial charge in [0.15, 0.2) is 0 Å². The lowest BCUT2D eigenvalue weighted by atomic mass is 10.1. The van der Waals surface area contributed by atoms with E-state index in [1.807, 2.05) is 32.8 Å². The Morgan fingerprint density at radius 1 is 1.50 bits per heavy atom. The Morgan fingerprint density at radius 3 is 2.61 bits per heavy atom. The van der Waals surface area contributed by atoms with Gasteiger partial charge in [0.1, 0.15) is 12.4 Å². The molecule has 0 aromatic carbocycles. The maximum absolute atomic E-state index is 10.8. The molecule has 2 N–H and O–H groups in total. The molecule has 0 bridgehead atoms. The number of likely N-dealkylation sites (N-methyl/N-ethyl adjacent to an activating group) is 1. The van der Waals surface area contributed by atoms with E-state index in [1.165, 1.54) is 12.1 Å². The lowest BCUT2D eigenvalue weighted by molar-refractivity contribution is -0.386. The first-order valence-electron chi connectivity index (χ1n) is 5.45. The molecule has 0 fully saturated rings. The number of nitrogen functional groups attached to an aromatic ring is 1. The van der Waals surface area contributed by atoms with E-state index in [2.05, 4.69) is 4.98 Å². The van der Waals surface area contributed by atoms with Gasteiger partial charge in [0.25, 0.3) is 5.88 Å². The first-order chi connectivity index (χ1) is 8.24. The summed E-state index contributed by atoms with van der Waals surface area (Å²) in [7, 11) is 3.81. The zero-order chi connectivity index (χ0) is 13.9. The summed E-state index contributed by atoms with van der Waals surface area (Å²) in [5.41, 5.74) is 5.06. The zero-order valence-corrected chi connectivity index (χ0v) is 11.0. The van der Waals surface area contributed by atoms with Crippen molar-refractivity contribution in [2.45, 2.75) is 19.4 Å². The van der Waals surface area contributed by atoms with Crippen LogP contribution in [0.1, 0.15) is 13.8 Å². The summed E-state index contributed by atoms with van der Waals surface area (Å²) >= 11 is 0. The van der Waals surface area contributed by atoms with Crippen molar-refractivity contribution in [1.29, 1.82) is 0 Å². The van der Waals surface area contributed by atoms with Gasteiger partial charge in [-0.3, -0.25) is 10.1 Å². The third-order valence-electron chi connectivity index (χ3n) is 2.83. The predicted octanol–water partition coefficient (Wildman–Crippen LogP) is 1.29. The van der Waals surface area contributed by atoms with Crippen LogP contribution in [0.25, 0.3) is 0 Å². The molecule has 18 heavy (non-hydrogen) atoms. The molecular formula is C11H18N4O3. The highest BCUT2D eigenvalue weighted by Gasteiger charge is 2.24. The number of hydrogen-bond donors (Lipinski definition) is 1. The maximum atomic E-state index is 10.8. The van der Waals surface area contributed by atoms with E-state index >= 15 is 0 Å². The molecule has 100 valence electrons. The van der Waals surface area contributed by atoms with Crippen LogP contribution in [-0.2, 0) is 0 Å². The molecule has 0 saturated carbocycles. The number of nitrogens with two attached hydrogens (primary N) is 1. The topological polar surface area (TPSA) is 94.5 Å². The number of nitrogens with zero attached hydrogens (tertiary/aromatic N) is 3. The number of rotatable bonds is 5. The minimum absolute atomic E-state index is 0.0464. The highest BCUT2D eigenvalue weighted by Crippen LogP contribution is 2.26. The second-order valence-electron chi connectivity index (χ2n) is 4.81. The fourth-order valence-electron chi connectivity index (χ4n) is 1.07. The van der Waals surface area contributed by atoms with E-state index < -0.39 is 4.92 Å². The molecule has 0 atom stereocenters. The summed E-state index contributed by atoms with van der Waals surface area (Å²) in [6.45, 7) is 4.20. The van der Waals surface area contributed by atoms with Crippen LogP contribution in [0.4, 0.5) is 11.5 Å². The third-order valence-corrected chi connectivity index (χ3v) is 2.83. The zero-order valence-electron chi connectivity index (χ0n) is 11.0. The largest absolute Gasteiger partial charge is 0.471 e. The molecule has 0 amide bonds. The number of pyridine rings is 1. The smallest absolute Gasteiger partial charge is 0.331 e. The Balaban J connectivity index is 2.90. The van der Waals surface area contributed by atoms with Crippen LogP contribution in [-0.4, -0.2) is 41.0 Å². The molecule has 0 aliphatic heterocycles. The van der Waals surface area contributed by atoms with E-state index in [0.29, 0.717) is 0 Å². The molecule has 1 aromatic rings. The summed E-state index contributed by atoms with van der Waals surface area (Å²) in [6, 6.07) is 2.67. The van der Waals surface area contributed by atoms with Crippen molar-refractivity contribution < 1.29 is 9.66 Å². The molecule has 1 heterocycles. The van der Waals surface area contributed by atoms with Gasteiger partial charge in [0.05, 0.1) is 4.92 Å². The van der Waals surface area contributed by atoms with E-state index in [4.69, 9.17) is 10.5 Å². The van der Waals surface area contributed by atoms with Gasteiger partial charge >= 0.3 is 5.69 Å². The van der Waals surface area contributed by atoms with Crippen molar-refractivity contribution >= 4 is 11.5 Å². The quantitative estimate of drug-likeness (QED) is 0.628. The van der Waals surface area contributed by atoms with Gasteiger partial charge < -0.3 is 15.4 Å². The average molecular weight is 254 g/mol. The Labute approximate surface area is 106 Å². The summed E-state index contributed by atoms with van der Waals surface area (Å²) in [5, 5.41) is 10.8. The number of ether oxygens (including phenoxy) is 1. The second kappa shape index (κ2) is 5.18. The van der Waals surface area contributed by atoms with Gasteiger partial charge in [-0.15, -0.1) is 0 Å². The molecule has 7 nitrogen and oxygen atoms in total. The summed E-state index contributed by atoms with van der Waals surface area (Å²) in [6.07, 6.45) is 0. The highest BCUT2D eigenvalue weighted by molar-refractivity contribution is 5.46. The number of anilines is 1. The van der Waals surface area contributed by atoms with Crippen molar-refractivity contribution in [1.82, 2.24) is 9.88 Å². The van der Waals surface area contributed by atoms with Crippen molar-refractivity contribution in [3.05, 3.63) is 22.2 Å². The molecule has 0 aliphatic rings. The van der Waals surface area contributed by atoms with Crippen LogP contribution in [0.5, 0.6) is 5.88 Å². The highest BCUT2D eigenvalue weighted by atomic mass is 16.6. The van der Waals surface area contributed by atoms with E-state index in [1.54, 1.807) is 0 Å². The van der Waals surface area contributed by atoms with Crippen LogP contribution in [0, 0.1) is 10.1 Å². The number of hydrogen-bond acceptors (Lipinski definition) is 6. The van der Waals surface area contributed by atoms with Gasteiger partial charge in [-0.25, -0.2) is 0 Å². The van der Waals surface area contributed by atoms with Crippen LogP contribution < -0.4 is 10.5 Å². The second-order valence-corrected chi connectivity index (χ2v) is 4.81. The minimum atomic E-state index is -0.537. The number of aromatic nitrogens is 1. The van der Waals surface area contributed by atoms with Gasteiger partial charge in [0.2, 0.25) is 0 Å². The van der Waals surface area contributed by atoms with Crippen LogP contribution in [0.3, 0.4) is 0 Å². The minimum Gasteiger partial charge on any atom is -0.471 e. The first-order valence-corrected chi connectivity index (χ1v) is 5.45. The molecule has 0 saturated heterocycles. The molecule has 0 unspecified atom stereocenters. The van der Waals surface area contributed by atoms with E-state index in [-0.39, 0.29) is 29.5 Å². The van der Waals surface area contributed by atoms with Crippen LogP contribution in [0.2, 0.25) is 0 Å². The average Bonchev–Trinajstić information content (AvgIpc) is 2.26. The molecular weight excluding hydrogens is 236 g/mol. The lowest BCUT2D eigenvalue weighted by Crippen LogP contribution is -2.43. The third kappa shape index (κ3) is 3.30. The molecule has 7 heteroatoms. The fraction of sp³-hybridized carbons (Fsp3) is 0.545. The van der Waals surface area contributed by atoms with Crippen molar-refractivity contribution in [3.63, 3.8) is 0 Å². The molecule has 0 spiro atoms. The first kappa shape index (κ1) is 14.2. The van der Waals surface area contributed by atoms with Crippen molar-refractivity contribution in [2.24, 2.45) is 0 Å². The Bertz CT molecular complexity index is 446. The summed E-state index contributed by atoms with van der Waals surface area (Å²) in [4.78, 5) is 16.1. The summed E-state index contributed by atoms with van der Waals surface area (Å²) in [5.74, 6) is 0.146. The van der Waals surface area contributed by atoms with Crippen molar-refractivity contribution in [3.8, 4) is 5.88 Å². The standard InChI is InChI=1S/C11H18N4O3/c1-11(2,14(3)4)7-18-10-8(15(16)17)5-6-9(12)13-10/h5-6H,7H2,1-4H3,(H2,12,13). The number of nitro groups is 1. The predicted molar refractivity (Wildman–Crippen MR) is 68.6 cm³/mol. The van der Waals surface area contributed by atoms with Crippen LogP contribution in [0.15, 0.2) is 12.1 Å². The van der Waals surface area contributed by atoms with Gasteiger partial charge in [-0.1, -0.05) is 0 Å². The van der Waals surface area contributed by atoms with Crippen molar-refractivity contribution in [2.75, 3.05) is 26.4 Å². The Kier molecular flexibility index (Phi) is 4.07. The summed E-state index contributed by atoms with van der Waals surface area (Å²) < 4.78 is 5.43. The van der Waals surface area contributed by atoms with Crippen LogP contribution >= 0.6 is 0 Å². The van der Waals surface area contributed by atoms with E-state index in [0.717, 1.165) is 0 Å². The molecule has 0 radical (unpaired) electrons. The van der Waals surface area contributed by atoms with Gasteiger partial charge in [-0.05, 0) is 34.0 Å². The van der Waals surface area contributed by atoms with Gasteiger partial charge in [0, 0.05) is 11.6 Å². The Hall–Kier alpha value is -1.89. The van der Waals surface area contributed by atoms with Gasteiger partial charge in [-0.2, -0.15) is 4.98 Å². The fourth-order valence-corrected chi connectivity index (χ4v) is 1.07. The molecule has 1 aromatic heterocycles.